The first kappa shape index (κ1) is 18.3. The summed E-state index contributed by atoms with van der Waals surface area (Å²) in [5.41, 5.74) is 0.768. The number of thioether (sulfide) groups is 1. The van der Waals surface area contributed by atoms with Crippen LogP contribution in [0.25, 0.3) is 0 Å². The molecule has 1 aromatic carbocycles. The molecular formula is C17H22N2O4S2. The summed E-state index contributed by atoms with van der Waals surface area (Å²) >= 11 is 1.39. The normalized spacial score (nSPS) is 26.0. The second-order valence-corrected chi connectivity index (χ2v) is 9.47. The van der Waals surface area contributed by atoms with Crippen LogP contribution in [0.15, 0.2) is 29.3 Å². The Kier molecular flexibility index (Phi) is 5.38. The topological polar surface area (TPSA) is 76.0 Å². The van der Waals surface area contributed by atoms with Crippen molar-refractivity contribution in [3.8, 4) is 5.75 Å². The van der Waals surface area contributed by atoms with Crippen LogP contribution in [0.3, 0.4) is 0 Å². The third-order valence-corrected chi connectivity index (χ3v) is 7.39. The molecule has 136 valence electrons. The number of sulfone groups is 1. The molecule has 0 aliphatic carbocycles. The monoisotopic (exact) mass is 382 g/mol. The number of amidine groups is 1. The van der Waals surface area contributed by atoms with Gasteiger partial charge in [-0.15, -0.1) is 0 Å². The zero-order valence-electron chi connectivity index (χ0n) is 14.3. The van der Waals surface area contributed by atoms with Crippen LogP contribution in [0.1, 0.15) is 26.7 Å². The molecule has 0 aromatic heterocycles. The highest BCUT2D eigenvalue weighted by atomic mass is 32.2. The van der Waals surface area contributed by atoms with Crippen molar-refractivity contribution in [2.75, 3.05) is 23.0 Å². The van der Waals surface area contributed by atoms with Gasteiger partial charge in [-0.3, -0.25) is 4.79 Å². The summed E-state index contributed by atoms with van der Waals surface area (Å²) < 4.78 is 29.9. The Morgan fingerprint density at radius 3 is 2.80 bits per heavy atom. The van der Waals surface area contributed by atoms with E-state index >= 15 is 0 Å². The SMILES string of the molecule is CCCC(=O)N=C1S[C@H]2CS(=O)(=O)C[C@@H]2N1c1ccccc1OCC. The molecule has 8 heteroatoms. The fraction of sp³-hybridized carbons (Fsp3) is 0.529. The van der Waals surface area contributed by atoms with Gasteiger partial charge in [0.05, 0.1) is 29.8 Å². The van der Waals surface area contributed by atoms with Gasteiger partial charge >= 0.3 is 0 Å². The Morgan fingerprint density at radius 2 is 2.08 bits per heavy atom. The Balaban J connectivity index is 2.02. The van der Waals surface area contributed by atoms with Crippen molar-refractivity contribution in [2.45, 2.75) is 38.0 Å². The predicted octanol–water partition coefficient (Wildman–Crippen LogP) is 2.49. The largest absolute Gasteiger partial charge is 0.492 e. The van der Waals surface area contributed by atoms with Gasteiger partial charge in [-0.05, 0) is 25.5 Å². The molecule has 2 atom stereocenters. The van der Waals surface area contributed by atoms with Gasteiger partial charge in [0.15, 0.2) is 15.0 Å². The second-order valence-electron chi connectivity index (χ2n) is 6.11. The highest BCUT2D eigenvalue weighted by molar-refractivity contribution is 8.16. The van der Waals surface area contributed by atoms with E-state index in [0.717, 1.165) is 12.1 Å². The third kappa shape index (κ3) is 3.84. The molecule has 3 rings (SSSR count). The van der Waals surface area contributed by atoms with E-state index < -0.39 is 9.84 Å². The first-order valence-corrected chi connectivity index (χ1v) is 11.1. The molecule has 0 bridgehead atoms. The molecule has 0 N–H and O–H groups in total. The molecule has 6 nitrogen and oxygen atoms in total. The Morgan fingerprint density at radius 1 is 1.32 bits per heavy atom. The fourth-order valence-corrected chi connectivity index (χ4v) is 7.08. The quantitative estimate of drug-likeness (QED) is 0.779. The molecule has 1 aromatic rings. The Labute approximate surface area is 152 Å². The van der Waals surface area contributed by atoms with Crippen LogP contribution in [0.4, 0.5) is 5.69 Å². The van der Waals surface area contributed by atoms with Crippen LogP contribution in [-0.4, -0.2) is 48.9 Å². The summed E-state index contributed by atoms with van der Waals surface area (Å²) in [5.74, 6) is 0.695. The molecule has 25 heavy (non-hydrogen) atoms. The number of para-hydroxylation sites is 2. The van der Waals surface area contributed by atoms with Gasteiger partial charge in [-0.2, -0.15) is 4.99 Å². The smallest absolute Gasteiger partial charge is 0.248 e. The minimum atomic E-state index is -3.08. The number of carbonyl (C=O) groups is 1. The lowest BCUT2D eigenvalue weighted by Crippen LogP contribution is -2.38. The maximum absolute atomic E-state index is 12.1. The Bertz CT molecular complexity index is 792. The van der Waals surface area contributed by atoms with E-state index in [1.54, 1.807) is 0 Å². The summed E-state index contributed by atoms with van der Waals surface area (Å²) in [4.78, 5) is 18.2. The molecule has 2 aliphatic rings. The van der Waals surface area contributed by atoms with Gasteiger partial charge in [0.25, 0.3) is 0 Å². The molecule has 2 heterocycles. The predicted molar refractivity (Wildman–Crippen MR) is 101 cm³/mol. The van der Waals surface area contributed by atoms with E-state index in [9.17, 15) is 13.2 Å². The summed E-state index contributed by atoms with van der Waals surface area (Å²) in [6.45, 7) is 4.34. The lowest BCUT2D eigenvalue weighted by molar-refractivity contribution is -0.117. The van der Waals surface area contributed by atoms with Crippen LogP contribution in [0.2, 0.25) is 0 Å². The lowest BCUT2D eigenvalue weighted by Gasteiger charge is -2.26. The number of carbonyl (C=O) groups excluding carboxylic acids is 1. The zero-order valence-corrected chi connectivity index (χ0v) is 16.0. The van der Waals surface area contributed by atoms with Crippen LogP contribution < -0.4 is 9.64 Å². The van der Waals surface area contributed by atoms with Gasteiger partial charge < -0.3 is 9.64 Å². The van der Waals surface area contributed by atoms with Crippen LogP contribution in [-0.2, 0) is 14.6 Å². The first-order chi connectivity index (χ1) is 11.9. The number of ether oxygens (including phenoxy) is 1. The number of anilines is 1. The zero-order chi connectivity index (χ0) is 18.0. The number of rotatable bonds is 5. The van der Waals surface area contributed by atoms with E-state index in [4.69, 9.17) is 4.74 Å². The van der Waals surface area contributed by atoms with Crippen molar-refractivity contribution in [2.24, 2.45) is 4.99 Å². The van der Waals surface area contributed by atoms with Crippen molar-refractivity contribution in [3.05, 3.63) is 24.3 Å². The summed E-state index contributed by atoms with van der Waals surface area (Å²) in [5, 5.41) is 0.475. The summed E-state index contributed by atoms with van der Waals surface area (Å²) in [6.07, 6.45) is 1.12. The van der Waals surface area contributed by atoms with E-state index in [1.807, 2.05) is 43.0 Å². The number of benzene rings is 1. The Hall–Kier alpha value is -1.54. The molecule has 0 spiro atoms. The number of amides is 1. The second kappa shape index (κ2) is 7.37. The van der Waals surface area contributed by atoms with E-state index in [1.165, 1.54) is 11.8 Å². The van der Waals surface area contributed by atoms with Crippen molar-refractivity contribution >= 4 is 38.4 Å². The lowest BCUT2D eigenvalue weighted by atomic mass is 10.2. The molecule has 0 saturated carbocycles. The molecule has 2 fully saturated rings. The fourth-order valence-electron chi connectivity index (χ4n) is 3.16. The van der Waals surface area contributed by atoms with Crippen LogP contribution in [0.5, 0.6) is 5.75 Å². The highest BCUT2D eigenvalue weighted by Crippen LogP contribution is 2.43. The van der Waals surface area contributed by atoms with Gasteiger partial charge in [-0.25, -0.2) is 8.42 Å². The molecule has 0 unspecified atom stereocenters. The molecule has 2 saturated heterocycles. The molecule has 0 radical (unpaired) electrons. The number of nitrogens with zero attached hydrogens (tertiary/aromatic N) is 2. The van der Waals surface area contributed by atoms with Gasteiger partial charge in [-0.1, -0.05) is 30.8 Å². The maximum atomic E-state index is 12.1. The van der Waals surface area contributed by atoms with Crippen molar-refractivity contribution in [1.82, 2.24) is 0 Å². The van der Waals surface area contributed by atoms with Crippen molar-refractivity contribution in [3.63, 3.8) is 0 Å². The van der Waals surface area contributed by atoms with Gasteiger partial charge in [0.2, 0.25) is 5.91 Å². The maximum Gasteiger partial charge on any atom is 0.248 e. The van der Waals surface area contributed by atoms with Crippen molar-refractivity contribution < 1.29 is 17.9 Å². The van der Waals surface area contributed by atoms with E-state index in [-0.39, 0.29) is 28.7 Å². The minimum absolute atomic E-state index is 0.0755. The van der Waals surface area contributed by atoms with E-state index in [2.05, 4.69) is 4.99 Å². The highest BCUT2D eigenvalue weighted by Gasteiger charge is 2.49. The molecular weight excluding hydrogens is 360 g/mol. The molecule has 1 amide bonds. The number of fused-ring (bicyclic) bond motifs is 1. The van der Waals surface area contributed by atoms with Crippen LogP contribution in [0, 0.1) is 0 Å². The standard InChI is InChI=1S/C17H22N2O4S2/c1-3-7-16(20)18-17-19(12-8-5-6-9-14(12)23-4-2)13-10-25(21,22)11-15(13)24-17/h5-6,8-9,13,15H,3-4,7,10-11H2,1-2H3/t13-,15-/m0/s1. The summed E-state index contributed by atoms with van der Waals surface area (Å²) in [7, 11) is -3.08. The van der Waals surface area contributed by atoms with Crippen LogP contribution >= 0.6 is 11.8 Å². The number of aliphatic imine (C=N–C) groups is 1. The van der Waals surface area contributed by atoms with Gasteiger partial charge in [0, 0.05) is 11.7 Å². The minimum Gasteiger partial charge on any atom is -0.492 e. The van der Waals surface area contributed by atoms with Gasteiger partial charge in [0.1, 0.15) is 5.75 Å². The first-order valence-electron chi connectivity index (χ1n) is 8.45. The number of hydrogen-bond acceptors (Lipinski definition) is 5. The average Bonchev–Trinajstić information content (AvgIpc) is 2.99. The third-order valence-electron chi connectivity index (χ3n) is 4.18. The number of hydrogen-bond donors (Lipinski definition) is 0. The summed E-state index contributed by atoms with van der Waals surface area (Å²) in [6, 6.07) is 7.28. The van der Waals surface area contributed by atoms with E-state index in [0.29, 0.717) is 23.9 Å². The van der Waals surface area contributed by atoms with Crippen molar-refractivity contribution in [1.29, 1.82) is 0 Å². The average molecular weight is 383 g/mol. The molecule has 2 aliphatic heterocycles.